The zero-order chi connectivity index (χ0) is 17.2. The molecule has 0 fully saturated rings. The summed E-state index contributed by atoms with van der Waals surface area (Å²) >= 11 is 5.81. The number of carbonyl (C=O) groups excluding carboxylic acids is 1. The van der Waals surface area contributed by atoms with Gasteiger partial charge >= 0.3 is 5.97 Å². The molecule has 0 saturated heterocycles. The highest BCUT2D eigenvalue weighted by molar-refractivity contribution is 7.92. The highest BCUT2D eigenvalue weighted by atomic mass is 35.5. The molecule has 0 aliphatic rings. The van der Waals surface area contributed by atoms with E-state index >= 15 is 0 Å². The van der Waals surface area contributed by atoms with Crippen LogP contribution in [0.5, 0.6) is 0 Å². The Balaban J connectivity index is 2.45. The Morgan fingerprint density at radius 3 is 2.52 bits per heavy atom. The molecular formula is C15H13ClFNO4S. The van der Waals surface area contributed by atoms with Crippen molar-refractivity contribution in [2.45, 2.75) is 11.8 Å². The van der Waals surface area contributed by atoms with E-state index in [4.69, 9.17) is 11.6 Å². The van der Waals surface area contributed by atoms with Crippen molar-refractivity contribution in [1.82, 2.24) is 0 Å². The van der Waals surface area contributed by atoms with Crippen molar-refractivity contribution in [3.63, 3.8) is 0 Å². The summed E-state index contributed by atoms with van der Waals surface area (Å²) in [6.07, 6.45) is 0. The first-order valence-corrected chi connectivity index (χ1v) is 8.27. The minimum absolute atomic E-state index is 0.0675. The van der Waals surface area contributed by atoms with Gasteiger partial charge in [0, 0.05) is 5.02 Å². The van der Waals surface area contributed by atoms with Gasteiger partial charge in [0.05, 0.1) is 18.4 Å². The van der Waals surface area contributed by atoms with E-state index in [0.29, 0.717) is 10.6 Å². The van der Waals surface area contributed by atoms with Gasteiger partial charge < -0.3 is 4.74 Å². The molecule has 23 heavy (non-hydrogen) atoms. The molecule has 0 heterocycles. The van der Waals surface area contributed by atoms with Gasteiger partial charge in [-0.25, -0.2) is 17.6 Å². The summed E-state index contributed by atoms with van der Waals surface area (Å²) in [5, 5.41) is 0.448. The second-order valence-electron chi connectivity index (χ2n) is 4.70. The zero-order valence-corrected chi connectivity index (χ0v) is 13.8. The molecule has 2 aromatic rings. The van der Waals surface area contributed by atoms with Crippen LogP contribution < -0.4 is 4.72 Å². The zero-order valence-electron chi connectivity index (χ0n) is 12.3. The van der Waals surface area contributed by atoms with Crippen LogP contribution in [0, 0.1) is 12.7 Å². The third-order valence-electron chi connectivity index (χ3n) is 3.07. The Bertz CT molecular complexity index is 868. The van der Waals surface area contributed by atoms with Gasteiger partial charge in [-0.15, -0.1) is 0 Å². The molecule has 0 unspecified atom stereocenters. The molecule has 8 heteroatoms. The molecule has 0 radical (unpaired) electrons. The number of sulfonamides is 1. The van der Waals surface area contributed by atoms with Gasteiger partial charge in [0.1, 0.15) is 10.7 Å². The van der Waals surface area contributed by atoms with E-state index in [-0.39, 0.29) is 11.3 Å². The molecule has 0 aliphatic heterocycles. The van der Waals surface area contributed by atoms with E-state index < -0.39 is 26.7 Å². The number of halogens is 2. The monoisotopic (exact) mass is 357 g/mol. The van der Waals surface area contributed by atoms with Crippen molar-refractivity contribution in [2.75, 3.05) is 11.8 Å². The van der Waals surface area contributed by atoms with Crippen LogP contribution in [0.25, 0.3) is 0 Å². The van der Waals surface area contributed by atoms with E-state index in [2.05, 4.69) is 9.46 Å². The van der Waals surface area contributed by atoms with Crippen molar-refractivity contribution < 1.29 is 22.3 Å². The molecule has 2 aromatic carbocycles. The van der Waals surface area contributed by atoms with Gasteiger partial charge in [0.15, 0.2) is 0 Å². The predicted octanol–water partition coefficient (Wildman–Crippen LogP) is 3.37. The fraction of sp³-hybridized carbons (Fsp3) is 0.133. The molecule has 0 aromatic heterocycles. The Labute approximate surface area is 138 Å². The van der Waals surface area contributed by atoms with Crippen molar-refractivity contribution in [3.05, 3.63) is 58.4 Å². The average Bonchev–Trinajstić information content (AvgIpc) is 2.49. The molecular weight excluding hydrogens is 345 g/mol. The summed E-state index contributed by atoms with van der Waals surface area (Å²) in [5.74, 6) is -1.74. The molecule has 1 N–H and O–H groups in total. The van der Waals surface area contributed by atoms with Gasteiger partial charge in [-0.3, -0.25) is 4.72 Å². The second kappa shape index (κ2) is 6.55. The number of esters is 1. The quantitative estimate of drug-likeness (QED) is 0.851. The average molecular weight is 358 g/mol. The lowest BCUT2D eigenvalue weighted by atomic mass is 10.2. The summed E-state index contributed by atoms with van der Waals surface area (Å²) in [5.41, 5.74) is 0.768. The van der Waals surface area contributed by atoms with Crippen LogP contribution in [0.4, 0.5) is 10.1 Å². The lowest BCUT2D eigenvalue weighted by Gasteiger charge is -2.12. The van der Waals surface area contributed by atoms with Crippen molar-refractivity contribution in [1.29, 1.82) is 0 Å². The van der Waals surface area contributed by atoms with Gasteiger partial charge in [-0.1, -0.05) is 11.6 Å². The topological polar surface area (TPSA) is 72.5 Å². The standard InChI is InChI=1S/C15H13ClFNO4S/c1-9-7-11(16)4-6-13(9)18-23(20,21)14-8-10(15(19)22-2)3-5-12(14)17/h3-8,18H,1-2H3. The Kier molecular flexibility index (Phi) is 4.91. The van der Waals surface area contributed by atoms with E-state index in [1.807, 2.05) is 0 Å². The van der Waals surface area contributed by atoms with Crippen LogP contribution in [-0.2, 0) is 14.8 Å². The van der Waals surface area contributed by atoms with E-state index in [1.165, 1.54) is 12.1 Å². The summed E-state index contributed by atoms with van der Waals surface area (Å²) in [7, 11) is -3.07. The van der Waals surface area contributed by atoms with Crippen LogP contribution in [0.15, 0.2) is 41.3 Å². The Hall–Kier alpha value is -2.12. The highest BCUT2D eigenvalue weighted by Crippen LogP contribution is 2.24. The summed E-state index contributed by atoms with van der Waals surface area (Å²) in [4.78, 5) is 10.8. The lowest BCUT2D eigenvalue weighted by Crippen LogP contribution is -2.16. The minimum Gasteiger partial charge on any atom is -0.465 e. The summed E-state index contributed by atoms with van der Waals surface area (Å²) in [6.45, 7) is 1.66. The number of anilines is 1. The van der Waals surface area contributed by atoms with Gasteiger partial charge in [0.2, 0.25) is 0 Å². The van der Waals surface area contributed by atoms with E-state index in [9.17, 15) is 17.6 Å². The number of benzene rings is 2. The summed E-state index contributed by atoms with van der Waals surface area (Å²) in [6, 6.07) is 7.52. The van der Waals surface area contributed by atoms with Crippen LogP contribution in [0.1, 0.15) is 15.9 Å². The fourth-order valence-corrected chi connectivity index (χ4v) is 3.36. The summed E-state index contributed by atoms with van der Waals surface area (Å²) < 4.78 is 45.5. The third-order valence-corrected chi connectivity index (χ3v) is 4.69. The number of hydrogen-bond acceptors (Lipinski definition) is 4. The smallest absolute Gasteiger partial charge is 0.337 e. The molecule has 0 saturated carbocycles. The number of hydrogen-bond donors (Lipinski definition) is 1. The molecule has 0 atom stereocenters. The number of carbonyl (C=O) groups is 1. The lowest BCUT2D eigenvalue weighted by molar-refractivity contribution is 0.0600. The normalized spacial score (nSPS) is 11.1. The first-order chi connectivity index (χ1) is 10.7. The molecule has 0 amide bonds. The largest absolute Gasteiger partial charge is 0.465 e. The van der Waals surface area contributed by atoms with Crippen LogP contribution in [-0.4, -0.2) is 21.5 Å². The fourth-order valence-electron chi connectivity index (χ4n) is 1.90. The number of aryl methyl sites for hydroxylation is 1. The van der Waals surface area contributed by atoms with Crippen LogP contribution in [0.3, 0.4) is 0 Å². The number of rotatable bonds is 4. The van der Waals surface area contributed by atoms with E-state index in [0.717, 1.165) is 25.3 Å². The number of ether oxygens (including phenoxy) is 1. The molecule has 0 bridgehead atoms. The number of methoxy groups -OCH3 is 1. The molecule has 122 valence electrons. The maximum Gasteiger partial charge on any atom is 0.337 e. The minimum atomic E-state index is -4.22. The second-order valence-corrected chi connectivity index (χ2v) is 6.79. The van der Waals surface area contributed by atoms with Crippen molar-refractivity contribution in [3.8, 4) is 0 Å². The predicted molar refractivity (Wildman–Crippen MR) is 84.7 cm³/mol. The maximum absolute atomic E-state index is 13.9. The highest BCUT2D eigenvalue weighted by Gasteiger charge is 2.22. The SMILES string of the molecule is COC(=O)c1ccc(F)c(S(=O)(=O)Nc2ccc(Cl)cc2C)c1. The van der Waals surface area contributed by atoms with Gasteiger partial charge in [-0.05, 0) is 48.9 Å². The van der Waals surface area contributed by atoms with Crippen molar-refractivity contribution in [2.24, 2.45) is 0 Å². The molecule has 2 rings (SSSR count). The van der Waals surface area contributed by atoms with Crippen molar-refractivity contribution >= 4 is 33.3 Å². The van der Waals surface area contributed by atoms with Gasteiger partial charge in [0.25, 0.3) is 10.0 Å². The van der Waals surface area contributed by atoms with Gasteiger partial charge in [-0.2, -0.15) is 0 Å². The Morgan fingerprint density at radius 1 is 1.22 bits per heavy atom. The third kappa shape index (κ3) is 3.80. The maximum atomic E-state index is 13.9. The molecule has 0 spiro atoms. The molecule has 5 nitrogen and oxygen atoms in total. The first-order valence-electron chi connectivity index (χ1n) is 6.41. The Morgan fingerprint density at radius 2 is 1.91 bits per heavy atom. The molecule has 0 aliphatic carbocycles. The number of nitrogens with one attached hydrogen (secondary N) is 1. The van der Waals surface area contributed by atoms with E-state index in [1.54, 1.807) is 13.0 Å². The first kappa shape index (κ1) is 17.2. The van der Waals surface area contributed by atoms with Crippen LogP contribution >= 0.6 is 11.6 Å². The van der Waals surface area contributed by atoms with Crippen LogP contribution in [0.2, 0.25) is 5.02 Å².